The quantitative estimate of drug-likeness (QED) is 0.906. The van der Waals surface area contributed by atoms with Gasteiger partial charge in [-0.2, -0.15) is 0 Å². The van der Waals surface area contributed by atoms with Crippen LogP contribution in [0.25, 0.3) is 0 Å². The molecule has 0 aliphatic carbocycles. The second kappa shape index (κ2) is 5.08. The molecule has 2 aliphatic rings. The number of aromatic nitrogens is 2. The smallest absolute Gasteiger partial charge is 0.134 e. The lowest BCUT2D eigenvalue weighted by Crippen LogP contribution is -2.39. The SMILES string of the molecule is CCc1cc(NC)nc(C2CC3CCC(C2)N3C)n1. The fourth-order valence-electron chi connectivity index (χ4n) is 3.63. The van der Waals surface area contributed by atoms with Gasteiger partial charge in [-0.25, -0.2) is 9.97 Å². The minimum absolute atomic E-state index is 0.548. The van der Waals surface area contributed by atoms with E-state index in [0.29, 0.717) is 5.92 Å². The zero-order valence-corrected chi connectivity index (χ0v) is 12.2. The summed E-state index contributed by atoms with van der Waals surface area (Å²) in [6.07, 6.45) is 6.13. The average molecular weight is 260 g/mol. The van der Waals surface area contributed by atoms with Crippen LogP contribution in [0, 0.1) is 0 Å². The predicted molar refractivity (Wildman–Crippen MR) is 77.5 cm³/mol. The van der Waals surface area contributed by atoms with Crippen molar-refractivity contribution in [1.82, 2.24) is 14.9 Å². The predicted octanol–water partition coefficient (Wildman–Crippen LogP) is 2.42. The van der Waals surface area contributed by atoms with Crippen LogP contribution >= 0.6 is 0 Å². The summed E-state index contributed by atoms with van der Waals surface area (Å²) < 4.78 is 0. The number of hydrogen-bond donors (Lipinski definition) is 1. The molecule has 0 aromatic carbocycles. The highest BCUT2D eigenvalue weighted by Crippen LogP contribution is 2.41. The minimum atomic E-state index is 0.548. The molecule has 1 N–H and O–H groups in total. The molecule has 2 aliphatic heterocycles. The van der Waals surface area contributed by atoms with Crippen molar-refractivity contribution in [2.75, 3.05) is 19.4 Å². The molecule has 3 rings (SSSR count). The first kappa shape index (κ1) is 12.9. The first-order valence-corrected chi connectivity index (χ1v) is 7.48. The van der Waals surface area contributed by atoms with E-state index in [1.165, 1.54) is 25.7 Å². The van der Waals surface area contributed by atoms with E-state index in [9.17, 15) is 0 Å². The topological polar surface area (TPSA) is 41.1 Å². The van der Waals surface area contributed by atoms with E-state index in [2.05, 4.69) is 30.3 Å². The summed E-state index contributed by atoms with van der Waals surface area (Å²) in [6.45, 7) is 2.16. The van der Waals surface area contributed by atoms with Gasteiger partial charge in [-0.15, -0.1) is 0 Å². The molecule has 19 heavy (non-hydrogen) atoms. The summed E-state index contributed by atoms with van der Waals surface area (Å²) in [6, 6.07) is 3.55. The lowest BCUT2D eigenvalue weighted by Gasteiger charge is -2.35. The summed E-state index contributed by atoms with van der Waals surface area (Å²) in [5.41, 5.74) is 1.15. The van der Waals surface area contributed by atoms with Gasteiger partial charge in [-0.05, 0) is 39.2 Å². The van der Waals surface area contributed by atoms with Crippen LogP contribution in [0.2, 0.25) is 0 Å². The highest BCUT2D eigenvalue weighted by molar-refractivity contribution is 5.35. The van der Waals surface area contributed by atoms with E-state index < -0.39 is 0 Å². The van der Waals surface area contributed by atoms with Crippen LogP contribution in [0.4, 0.5) is 5.82 Å². The summed E-state index contributed by atoms with van der Waals surface area (Å²) in [5, 5.41) is 3.17. The number of nitrogens with zero attached hydrogens (tertiary/aromatic N) is 3. The first-order chi connectivity index (χ1) is 9.21. The van der Waals surface area contributed by atoms with Crippen LogP contribution in [0.5, 0.6) is 0 Å². The Morgan fingerprint density at radius 1 is 1.26 bits per heavy atom. The standard InChI is InChI=1S/C15H24N4/c1-4-11-9-14(16-2)18-15(17-11)10-7-12-5-6-13(8-10)19(12)3/h9-10,12-13H,4-8H2,1-3H3,(H,16,17,18). The van der Waals surface area contributed by atoms with Crippen molar-refractivity contribution in [2.24, 2.45) is 0 Å². The Morgan fingerprint density at radius 3 is 2.53 bits per heavy atom. The second-order valence-corrected chi connectivity index (χ2v) is 5.93. The Bertz CT molecular complexity index is 423. The molecule has 2 unspecified atom stereocenters. The van der Waals surface area contributed by atoms with Crippen molar-refractivity contribution >= 4 is 5.82 Å². The molecule has 1 aromatic heterocycles. The Hall–Kier alpha value is -1.16. The van der Waals surface area contributed by atoms with Gasteiger partial charge >= 0.3 is 0 Å². The molecule has 4 nitrogen and oxygen atoms in total. The summed E-state index contributed by atoms with van der Waals surface area (Å²) in [7, 11) is 4.21. The Morgan fingerprint density at radius 2 is 1.95 bits per heavy atom. The van der Waals surface area contributed by atoms with Crippen molar-refractivity contribution < 1.29 is 0 Å². The van der Waals surface area contributed by atoms with Crippen LogP contribution in [-0.2, 0) is 6.42 Å². The molecular formula is C15H24N4. The van der Waals surface area contributed by atoms with Crippen LogP contribution in [0.3, 0.4) is 0 Å². The summed E-state index contributed by atoms with van der Waals surface area (Å²) in [4.78, 5) is 12.0. The Kier molecular flexibility index (Phi) is 3.44. The molecule has 3 heterocycles. The van der Waals surface area contributed by atoms with Gasteiger partial charge in [-0.3, -0.25) is 0 Å². The maximum atomic E-state index is 4.78. The lowest BCUT2D eigenvalue weighted by molar-refractivity contribution is 0.159. The molecule has 0 saturated carbocycles. The largest absolute Gasteiger partial charge is 0.373 e. The highest BCUT2D eigenvalue weighted by atomic mass is 15.2. The number of piperidine rings is 1. The molecular weight excluding hydrogens is 236 g/mol. The van der Waals surface area contributed by atoms with Crippen molar-refractivity contribution in [3.8, 4) is 0 Å². The van der Waals surface area contributed by atoms with E-state index in [0.717, 1.165) is 35.8 Å². The zero-order valence-electron chi connectivity index (χ0n) is 12.2. The number of aryl methyl sites for hydroxylation is 1. The number of anilines is 1. The second-order valence-electron chi connectivity index (χ2n) is 5.93. The van der Waals surface area contributed by atoms with E-state index in [4.69, 9.17) is 9.97 Å². The van der Waals surface area contributed by atoms with E-state index in [1.807, 2.05) is 7.05 Å². The van der Waals surface area contributed by atoms with Crippen LogP contribution < -0.4 is 5.32 Å². The Balaban J connectivity index is 1.86. The molecule has 0 radical (unpaired) electrons. The molecule has 2 fully saturated rings. The molecule has 0 amide bonds. The molecule has 2 bridgehead atoms. The monoisotopic (exact) mass is 260 g/mol. The molecule has 0 spiro atoms. The molecule has 1 aromatic rings. The number of rotatable bonds is 3. The van der Waals surface area contributed by atoms with Gasteiger partial charge in [0.15, 0.2) is 0 Å². The molecule has 4 heteroatoms. The van der Waals surface area contributed by atoms with Crippen molar-refractivity contribution in [1.29, 1.82) is 0 Å². The lowest BCUT2D eigenvalue weighted by atomic mass is 9.90. The van der Waals surface area contributed by atoms with Crippen molar-refractivity contribution in [3.05, 3.63) is 17.6 Å². The number of nitrogens with one attached hydrogen (secondary N) is 1. The van der Waals surface area contributed by atoms with Crippen LogP contribution in [-0.4, -0.2) is 41.0 Å². The average Bonchev–Trinajstić information content (AvgIpc) is 2.68. The first-order valence-electron chi connectivity index (χ1n) is 7.48. The number of fused-ring (bicyclic) bond motifs is 2. The van der Waals surface area contributed by atoms with Gasteiger partial charge in [0.1, 0.15) is 11.6 Å². The van der Waals surface area contributed by atoms with Gasteiger partial charge in [0.25, 0.3) is 0 Å². The minimum Gasteiger partial charge on any atom is -0.373 e. The normalized spacial score (nSPS) is 30.6. The third kappa shape index (κ3) is 2.34. The van der Waals surface area contributed by atoms with E-state index in [1.54, 1.807) is 0 Å². The van der Waals surface area contributed by atoms with Gasteiger partial charge in [0.05, 0.1) is 0 Å². The molecule has 2 atom stereocenters. The van der Waals surface area contributed by atoms with E-state index >= 15 is 0 Å². The third-order valence-corrected chi connectivity index (χ3v) is 4.88. The fourth-order valence-corrected chi connectivity index (χ4v) is 3.63. The van der Waals surface area contributed by atoms with Crippen molar-refractivity contribution in [3.63, 3.8) is 0 Å². The van der Waals surface area contributed by atoms with Crippen LogP contribution in [0.1, 0.15) is 50.0 Å². The Labute approximate surface area is 115 Å². The maximum Gasteiger partial charge on any atom is 0.134 e. The number of hydrogen-bond acceptors (Lipinski definition) is 4. The summed E-state index contributed by atoms with van der Waals surface area (Å²) >= 11 is 0. The third-order valence-electron chi connectivity index (χ3n) is 4.88. The molecule has 104 valence electrons. The summed E-state index contributed by atoms with van der Waals surface area (Å²) in [5.74, 6) is 2.58. The highest BCUT2D eigenvalue weighted by Gasteiger charge is 2.39. The van der Waals surface area contributed by atoms with E-state index in [-0.39, 0.29) is 0 Å². The fraction of sp³-hybridized carbons (Fsp3) is 0.733. The van der Waals surface area contributed by atoms with Crippen LogP contribution in [0.15, 0.2) is 6.07 Å². The zero-order chi connectivity index (χ0) is 13.4. The van der Waals surface area contributed by atoms with Gasteiger partial charge < -0.3 is 10.2 Å². The van der Waals surface area contributed by atoms with Gasteiger partial charge in [0, 0.05) is 36.8 Å². The van der Waals surface area contributed by atoms with Gasteiger partial charge in [-0.1, -0.05) is 6.92 Å². The maximum absolute atomic E-state index is 4.78. The molecule has 2 saturated heterocycles. The van der Waals surface area contributed by atoms with Crippen molar-refractivity contribution in [2.45, 2.75) is 57.0 Å². The van der Waals surface area contributed by atoms with Gasteiger partial charge in [0.2, 0.25) is 0 Å².